The average molecular weight is 565 g/mol. The van der Waals surface area contributed by atoms with Gasteiger partial charge in [0.15, 0.2) is 5.75 Å². The summed E-state index contributed by atoms with van der Waals surface area (Å²) in [6.07, 6.45) is 1.75. The molecule has 41 heavy (non-hydrogen) atoms. The zero-order valence-electron chi connectivity index (χ0n) is 22.2. The van der Waals surface area contributed by atoms with E-state index in [1.165, 1.54) is 12.1 Å². The maximum absolute atomic E-state index is 14.2. The molecule has 1 saturated heterocycles. The fourth-order valence-corrected chi connectivity index (χ4v) is 5.13. The molecular formula is C30H27F3N4O4. The lowest BCUT2D eigenvalue weighted by atomic mass is 9.89. The van der Waals surface area contributed by atoms with E-state index in [1.807, 2.05) is 30.3 Å². The molecule has 8 nitrogen and oxygen atoms in total. The van der Waals surface area contributed by atoms with Crippen molar-refractivity contribution in [3.05, 3.63) is 88.5 Å². The zero-order valence-corrected chi connectivity index (χ0v) is 22.2. The fourth-order valence-electron chi connectivity index (χ4n) is 5.13. The van der Waals surface area contributed by atoms with Crippen molar-refractivity contribution in [3.8, 4) is 17.6 Å². The van der Waals surface area contributed by atoms with E-state index in [0.29, 0.717) is 35.1 Å². The van der Waals surface area contributed by atoms with Crippen molar-refractivity contribution in [2.75, 3.05) is 13.1 Å². The standard InChI is InChI=1S/C30H27F3N4O4/c1-36-25-13-22(29(38)39)14-26(41-30(32)33)28(25)35-27(36)16-37-9-7-19(8-10-37)20-3-2-4-23(12-20)40-17-21-6-5-18(15-34)11-24(21)31/h2-6,11-14,19,30H,7-10,16-17H2,1H3,(H,38,39). The van der Waals surface area contributed by atoms with Crippen LogP contribution in [0.2, 0.25) is 0 Å². The summed E-state index contributed by atoms with van der Waals surface area (Å²) < 4.78 is 52.3. The van der Waals surface area contributed by atoms with Crippen LogP contribution in [0.1, 0.15) is 51.6 Å². The Hall–Kier alpha value is -4.56. The van der Waals surface area contributed by atoms with Gasteiger partial charge in [0.25, 0.3) is 0 Å². The first-order chi connectivity index (χ1) is 19.7. The second kappa shape index (κ2) is 11.9. The average Bonchev–Trinajstić information content (AvgIpc) is 3.27. The number of ether oxygens (including phenoxy) is 2. The number of aromatic nitrogens is 2. The van der Waals surface area contributed by atoms with Crippen LogP contribution in [0.3, 0.4) is 0 Å². The van der Waals surface area contributed by atoms with Gasteiger partial charge < -0.3 is 19.1 Å². The number of hydrogen-bond acceptors (Lipinski definition) is 6. The van der Waals surface area contributed by atoms with Crippen LogP contribution in [0.25, 0.3) is 11.0 Å². The number of likely N-dealkylation sites (tertiary alicyclic amines) is 1. The SMILES string of the molecule is Cn1c(CN2CCC(c3cccc(OCc4ccc(C#N)cc4F)c3)CC2)nc2c(OC(F)F)cc(C(=O)O)cc21. The van der Waals surface area contributed by atoms with E-state index in [4.69, 9.17) is 10.00 Å². The minimum Gasteiger partial charge on any atom is -0.489 e. The lowest BCUT2D eigenvalue weighted by Gasteiger charge is -2.32. The van der Waals surface area contributed by atoms with Gasteiger partial charge >= 0.3 is 12.6 Å². The van der Waals surface area contributed by atoms with Gasteiger partial charge in [-0.2, -0.15) is 14.0 Å². The van der Waals surface area contributed by atoms with Crippen LogP contribution in [0.15, 0.2) is 54.6 Å². The molecule has 0 bridgehead atoms. The van der Waals surface area contributed by atoms with E-state index >= 15 is 0 Å². The summed E-state index contributed by atoms with van der Waals surface area (Å²) in [4.78, 5) is 18.2. The zero-order chi connectivity index (χ0) is 29.1. The molecule has 5 rings (SSSR count). The molecule has 0 atom stereocenters. The Morgan fingerprint density at radius 1 is 1.17 bits per heavy atom. The summed E-state index contributed by atoms with van der Waals surface area (Å²) in [5.74, 6) is -0.438. The summed E-state index contributed by atoms with van der Waals surface area (Å²) in [5, 5.41) is 18.3. The van der Waals surface area contributed by atoms with E-state index in [2.05, 4.69) is 14.6 Å². The first-order valence-electron chi connectivity index (χ1n) is 13.0. The smallest absolute Gasteiger partial charge is 0.387 e. The van der Waals surface area contributed by atoms with Crippen LogP contribution in [-0.4, -0.2) is 45.2 Å². The second-order valence-electron chi connectivity index (χ2n) is 9.94. The molecule has 0 aliphatic carbocycles. The summed E-state index contributed by atoms with van der Waals surface area (Å²) >= 11 is 0. The predicted molar refractivity (Wildman–Crippen MR) is 143 cm³/mol. The van der Waals surface area contributed by atoms with Gasteiger partial charge in [0, 0.05) is 12.6 Å². The van der Waals surface area contributed by atoms with Crippen molar-refractivity contribution in [2.24, 2.45) is 7.05 Å². The molecule has 1 aromatic heterocycles. The Morgan fingerprint density at radius 3 is 2.63 bits per heavy atom. The van der Waals surface area contributed by atoms with Crippen molar-refractivity contribution >= 4 is 17.0 Å². The van der Waals surface area contributed by atoms with Gasteiger partial charge in [0.05, 0.1) is 29.3 Å². The number of aromatic carboxylic acids is 1. The Labute approximate surface area is 234 Å². The number of halogens is 3. The Morgan fingerprint density at radius 2 is 1.95 bits per heavy atom. The third-order valence-electron chi connectivity index (χ3n) is 7.37. The number of benzene rings is 3. The van der Waals surface area contributed by atoms with Gasteiger partial charge in [-0.05, 0) is 73.8 Å². The Balaban J connectivity index is 1.23. The van der Waals surface area contributed by atoms with Crippen LogP contribution in [0.5, 0.6) is 11.5 Å². The number of carboxylic acid groups (broad SMARTS) is 1. The van der Waals surface area contributed by atoms with E-state index in [-0.39, 0.29) is 29.0 Å². The molecule has 1 aliphatic rings. The number of aryl methyl sites for hydroxylation is 1. The molecule has 0 radical (unpaired) electrons. The van der Waals surface area contributed by atoms with Crippen molar-refractivity contribution < 1.29 is 32.5 Å². The van der Waals surface area contributed by atoms with Crippen LogP contribution in [0, 0.1) is 17.1 Å². The number of carboxylic acids is 1. The van der Waals surface area contributed by atoms with Gasteiger partial charge in [0.1, 0.15) is 29.5 Å². The predicted octanol–water partition coefficient (Wildman–Crippen LogP) is 5.84. The minimum atomic E-state index is -3.10. The summed E-state index contributed by atoms with van der Waals surface area (Å²) in [6.45, 7) is -1.04. The Kier molecular flexibility index (Phi) is 8.12. The van der Waals surface area contributed by atoms with E-state index in [0.717, 1.165) is 37.6 Å². The first-order valence-corrected chi connectivity index (χ1v) is 13.0. The second-order valence-corrected chi connectivity index (χ2v) is 9.94. The number of carbonyl (C=O) groups is 1. The Bertz CT molecular complexity index is 1620. The molecule has 0 unspecified atom stereocenters. The van der Waals surface area contributed by atoms with Gasteiger partial charge in [0.2, 0.25) is 0 Å². The third-order valence-corrected chi connectivity index (χ3v) is 7.37. The number of hydrogen-bond donors (Lipinski definition) is 1. The largest absolute Gasteiger partial charge is 0.489 e. The molecule has 1 aliphatic heterocycles. The highest BCUT2D eigenvalue weighted by Gasteiger charge is 2.24. The van der Waals surface area contributed by atoms with Crippen LogP contribution in [-0.2, 0) is 20.2 Å². The number of imidazole rings is 1. The maximum atomic E-state index is 14.2. The lowest BCUT2D eigenvalue weighted by molar-refractivity contribution is -0.0489. The summed E-state index contributed by atoms with van der Waals surface area (Å²) in [5.41, 5.74) is 2.20. The van der Waals surface area contributed by atoms with Gasteiger partial charge in [-0.3, -0.25) is 4.90 Å². The van der Waals surface area contributed by atoms with Crippen LogP contribution >= 0.6 is 0 Å². The molecule has 2 heterocycles. The lowest BCUT2D eigenvalue weighted by Crippen LogP contribution is -2.33. The van der Waals surface area contributed by atoms with Crippen molar-refractivity contribution in [1.29, 1.82) is 5.26 Å². The van der Waals surface area contributed by atoms with Crippen LogP contribution in [0.4, 0.5) is 13.2 Å². The number of nitrogens with zero attached hydrogens (tertiary/aromatic N) is 4. The summed E-state index contributed by atoms with van der Waals surface area (Å²) in [7, 11) is 1.73. The van der Waals surface area contributed by atoms with E-state index < -0.39 is 18.4 Å². The highest BCUT2D eigenvalue weighted by molar-refractivity contribution is 5.95. The molecule has 4 aromatic rings. The number of piperidine rings is 1. The van der Waals surface area contributed by atoms with Crippen LogP contribution < -0.4 is 9.47 Å². The highest BCUT2D eigenvalue weighted by Crippen LogP contribution is 2.33. The fraction of sp³-hybridized carbons (Fsp3) is 0.300. The molecule has 0 saturated carbocycles. The normalized spacial score (nSPS) is 14.3. The van der Waals surface area contributed by atoms with Crippen molar-refractivity contribution in [2.45, 2.75) is 38.5 Å². The van der Waals surface area contributed by atoms with Gasteiger partial charge in [-0.1, -0.05) is 18.2 Å². The molecule has 3 aromatic carbocycles. The maximum Gasteiger partial charge on any atom is 0.387 e. The first kappa shape index (κ1) is 28.0. The molecule has 1 fully saturated rings. The van der Waals surface area contributed by atoms with Crippen molar-refractivity contribution in [3.63, 3.8) is 0 Å². The van der Waals surface area contributed by atoms with Gasteiger partial charge in [-0.25, -0.2) is 14.2 Å². The monoisotopic (exact) mass is 564 g/mol. The molecule has 0 spiro atoms. The van der Waals surface area contributed by atoms with E-state index in [1.54, 1.807) is 23.7 Å². The van der Waals surface area contributed by atoms with E-state index in [9.17, 15) is 23.1 Å². The van der Waals surface area contributed by atoms with Crippen molar-refractivity contribution in [1.82, 2.24) is 14.5 Å². The third kappa shape index (κ3) is 6.28. The molecule has 11 heteroatoms. The number of fused-ring (bicyclic) bond motifs is 1. The summed E-state index contributed by atoms with van der Waals surface area (Å²) in [6, 6.07) is 16.4. The minimum absolute atomic E-state index is 0.0511. The quantitative estimate of drug-likeness (QED) is 0.273. The number of rotatable bonds is 9. The number of nitriles is 1. The molecular weight excluding hydrogens is 537 g/mol. The molecule has 212 valence electrons. The molecule has 0 amide bonds. The highest BCUT2D eigenvalue weighted by atomic mass is 19.3. The van der Waals surface area contributed by atoms with Gasteiger partial charge in [-0.15, -0.1) is 0 Å². The molecule has 1 N–H and O–H groups in total. The number of alkyl halides is 2. The topological polar surface area (TPSA) is 101 Å².